The van der Waals surface area contributed by atoms with Crippen LogP contribution >= 0.6 is 34.8 Å². The van der Waals surface area contributed by atoms with Crippen molar-refractivity contribution >= 4 is 46.9 Å². The quantitative estimate of drug-likeness (QED) is 0.356. The van der Waals surface area contributed by atoms with E-state index in [0.717, 1.165) is 11.1 Å². The number of carbonyl (C=O) groups is 1. The number of nitrogens with zero attached hydrogens (tertiary/aromatic N) is 1. The van der Waals surface area contributed by atoms with E-state index in [-0.39, 0.29) is 5.91 Å². The van der Waals surface area contributed by atoms with Crippen molar-refractivity contribution in [3.63, 3.8) is 0 Å². The van der Waals surface area contributed by atoms with Gasteiger partial charge in [-0.3, -0.25) is 4.79 Å². The Morgan fingerprint density at radius 2 is 1.79 bits per heavy atom. The first-order chi connectivity index (χ1) is 13.9. The van der Waals surface area contributed by atoms with Gasteiger partial charge in [-0.25, -0.2) is 5.43 Å². The first kappa shape index (κ1) is 21.2. The number of benzene rings is 3. The summed E-state index contributed by atoms with van der Waals surface area (Å²) in [6.07, 6.45) is 1.50. The van der Waals surface area contributed by atoms with Crippen LogP contribution in [-0.2, 0) is 6.61 Å². The van der Waals surface area contributed by atoms with Crippen LogP contribution < -0.4 is 10.2 Å². The van der Waals surface area contributed by atoms with Crippen LogP contribution in [0.1, 0.15) is 27.0 Å². The number of nitrogens with one attached hydrogen (secondary N) is 1. The molecule has 148 valence electrons. The predicted molar refractivity (Wildman–Crippen MR) is 118 cm³/mol. The predicted octanol–water partition coefficient (Wildman–Crippen LogP) is 6.30. The van der Waals surface area contributed by atoms with Gasteiger partial charge in [0.2, 0.25) is 0 Å². The van der Waals surface area contributed by atoms with Gasteiger partial charge in [-0.05, 0) is 54.4 Å². The molecule has 0 unspecified atom stereocenters. The summed E-state index contributed by atoms with van der Waals surface area (Å²) in [5.74, 6) is 0.177. The summed E-state index contributed by atoms with van der Waals surface area (Å²) in [5.41, 5.74) is 5.38. The Morgan fingerprint density at radius 1 is 1.00 bits per heavy atom. The van der Waals surface area contributed by atoms with Crippen molar-refractivity contribution in [1.82, 2.24) is 5.43 Å². The average Bonchev–Trinajstić information content (AvgIpc) is 2.70. The largest absolute Gasteiger partial charge is 0.487 e. The maximum absolute atomic E-state index is 12.1. The molecule has 0 heterocycles. The van der Waals surface area contributed by atoms with E-state index in [1.165, 1.54) is 6.21 Å². The van der Waals surface area contributed by atoms with E-state index in [9.17, 15) is 4.79 Å². The first-order valence-electron chi connectivity index (χ1n) is 8.69. The maximum Gasteiger partial charge on any atom is 0.271 e. The third kappa shape index (κ3) is 5.73. The molecule has 7 heteroatoms. The number of rotatable bonds is 6. The van der Waals surface area contributed by atoms with E-state index in [1.54, 1.807) is 42.5 Å². The molecule has 0 spiro atoms. The molecule has 1 amide bonds. The van der Waals surface area contributed by atoms with E-state index >= 15 is 0 Å². The van der Waals surface area contributed by atoms with Gasteiger partial charge >= 0.3 is 0 Å². The molecule has 0 saturated heterocycles. The highest BCUT2D eigenvalue weighted by molar-refractivity contribution is 6.32. The van der Waals surface area contributed by atoms with Gasteiger partial charge in [-0.1, -0.05) is 59.1 Å². The molecule has 0 aliphatic carbocycles. The van der Waals surface area contributed by atoms with Gasteiger partial charge in [0.1, 0.15) is 12.4 Å². The molecule has 29 heavy (non-hydrogen) atoms. The zero-order chi connectivity index (χ0) is 20.8. The molecule has 3 aromatic carbocycles. The second-order valence-electron chi connectivity index (χ2n) is 6.23. The summed E-state index contributed by atoms with van der Waals surface area (Å²) >= 11 is 18.5. The lowest BCUT2D eigenvalue weighted by Crippen LogP contribution is -2.17. The Labute approximate surface area is 184 Å². The minimum absolute atomic E-state index is 0.308. The van der Waals surface area contributed by atoms with Crippen molar-refractivity contribution in [2.24, 2.45) is 5.10 Å². The van der Waals surface area contributed by atoms with E-state index in [2.05, 4.69) is 10.5 Å². The lowest BCUT2D eigenvalue weighted by molar-refractivity contribution is 0.0955. The fourth-order valence-electron chi connectivity index (χ4n) is 2.45. The maximum atomic E-state index is 12.1. The molecule has 0 saturated carbocycles. The molecule has 3 rings (SSSR count). The van der Waals surface area contributed by atoms with E-state index in [4.69, 9.17) is 39.5 Å². The minimum Gasteiger partial charge on any atom is -0.487 e. The molecular formula is C22H17Cl3N2O2. The monoisotopic (exact) mass is 446 g/mol. The summed E-state index contributed by atoms with van der Waals surface area (Å²) in [4.78, 5) is 12.1. The van der Waals surface area contributed by atoms with E-state index < -0.39 is 0 Å². The number of aryl methyl sites for hydroxylation is 1. The normalized spacial score (nSPS) is 10.9. The van der Waals surface area contributed by atoms with Crippen LogP contribution in [0.15, 0.2) is 65.8 Å². The number of carbonyl (C=O) groups excluding carboxylic acids is 1. The van der Waals surface area contributed by atoms with Gasteiger partial charge in [0.15, 0.2) is 0 Å². The fraction of sp³-hybridized carbons (Fsp3) is 0.0909. The number of hydrogen-bond acceptors (Lipinski definition) is 3. The Balaban J connectivity index is 1.60. The van der Waals surface area contributed by atoms with Crippen LogP contribution in [0.25, 0.3) is 0 Å². The number of halogens is 3. The highest BCUT2D eigenvalue weighted by Crippen LogP contribution is 2.27. The highest BCUT2D eigenvalue weighted by Gasteiger charge is 2.07. The van der Waals surface area contributed by atoms with Crippen LogP contribution in [0.2, 0.25) is 15.1 Å². The molecule has 3 aromatic rings. The summed E-state index contributed by atoms with van der Waals surface area (Å²) in [5, 5.41) is 5.56. The van der Waals surface area contributed by atoms with Gasteiger partial charge in [-0.15, -0.1) is 0 Å². The molecule has 0 fully saturated rings. The molecule has 0 radical (unpaired) electrons. The third-order valence-corrected chi connectivity index (χ3v) is 5.18. The van der Waals surface area contributed by atoms with Gasteiger partial charge in [0.05, 0.1) is 11.2 Å². The van der Waals surface area contributed by atoms with E-state index in [0.29, 0.717) is 38.6 Å². The minimum atomic E-state index is -0.353. The molecule has 0 aromatic heterocycles. The van der Waals surface area contributed by atoms with Crippen molar-refractivity contribution in [2.75, 3.05) is 0 Å². The van der Waals surface area contributed by atoms with Crippen LogP contribution in [0.5, 0.6) is 5.75 Å². The van der Waals surface area contributed by atoms with Crippen molar-refractivity contribution in [1.29, 1.82) is 0 Å². The summed E-state index contributed by atoms with van der Waals surface area (Å²) in [6.45, 7) is 2.18. The molecule has 4 nitrogen and oxygen atoms in total. The number of ether oxygens (including phenoxy) is 1. The second-order valence-corrected chi connectivity index (χ2v) is 7.45. The van der Waals surface area contributed by atoms with Crippen molar-refractivity contribution in [2.45, 2.75) is 13.5 Å². The lowest BCUT2D eigenvalue weighted by atomic mass is 10.1. The Kier molecular flexibility index (Phi) is 7.15. The Morgan fingerprint density at radius 3 is 2.52 bits per heavy atom. The van der Waals surface area contributed by atoms with Crippen molar-refractivity contribution < 1.29 is 9.53 Å². The molecule has 1 N–H and O–H groups in total. The average molecular weight is 448 g/mol. The van der Waals surface area contributed by atoms with Crippen molar-refractivity contribution in [3.8, 4) is 5.75 Å². The molecule has 0 bridgehead atoms. The summed E-state index contributed by atoms with van der Waals surface area (Å²) < 4.78 is 5.74. The zero-order valence-electron chi connectivity index (χ0n) is 15.5. The first-order valence-corrected chi connectivity index (χ1v) is 9.83. The number of hydrazone groups is 1. The van der Waals surface area contributed by atoms with Gasteiger partial charge in [-0.2, -0.15) is 5.10 Å². The van der Waals surface area contributed by atoms with Gasteiger partial charge in [0, 0.05) is 21.2 Å². The van der Waals surface area contributed by atoms with E-state index in [1.807, 2.05) is 25.1 Å². The smallest absolute Gasteiger partial charge is 0.271 e. The SMILES string of the molecule is Cc1ccc(C(=O)N/N=C\c2ccc(OCc3ccccc3Cl)c(Cl)c2)cc1Cl. The van der Waals surface area contributed by atoms with Crippen LogP contribution in [0.4, 0.5) is 0 Å². The Bertz CT molecular complexity index is 1070. The lowest BCUT2D eigenvalue weighted by Gasteiger charge is -2.09. The third-order valence-electron chi connectivity index (χ3n) is 4.11. The number of amides is 1. The number of hydrogen-bond donors (Lipinski definition) is 1. The van der Waals surface area contributed by atoms with Crippen LogP contribution in [0, 0.1) is 6.92 Å². The molecular weight excluding hydrogens is 431 g/mol. The van der Waals surface area contributed by atoms with Crippen molar-refractivity contribution in [3.05, 3.63) is 98.0 Å². The van der Waals surface area contributed by atoms with Gasteiger partial charge in [0.25, 0.3) is 5.91 Å². The summed E-state index contributed by atoms with van der Waals surface area (Å²) in [7, 11) is 0. The van der Waals surface area contributed by atoms with Crippen LogP contribution in [0.3, 0.4) is 0 Å². The fourth-order valence-corrected chi connectivity index (χ4v) is 3.06. The highest BCUT2D eigenvalue weighted by atomic mass is 35.5. The Hall–Kier alpha value is -2.53. The molecule has 0 aliphatic heterocycles. The standard InChI is InChI=1S/C22H17Cl3N2O2/c1-14-6-8-16(11-19(14)24)22(28)27-26-12-15-7-9-21(20(25)10-15)29-13-17-4-2-3-5-18(17)23/h2-12H,13H2,1H3,(H,27,28)/b26-12-. The van der Waals surface area contributed by atoms with Crippen LogP contribution in [-0.4, -0.2) is 12.1 Å². The summed E-state index contributed by atoms with van der Waals surface area (Å²) in [6, 6.07) is 17.7. The molecule has 0 atom stereocenters. The zero-order valence-corrected chi connectivity index (χ0v) is 17.7. The molecule has 0 aliphatic rings. The topological polar surface area (TPSA) is 50.7 Å². The van der Waals surface area contributed by atoms with Gasteiger partial charge < -0.3 is 4.74 Å². The second kappa shape index (κ2) is 9.79.